The van der Waals surface area contributed by atoms with E-state index in [9.17, 15) is 0 Å². The molecule has 0 unspecified atom stereocenters. The fourth-order valence-electron chi connectivity index (χ4n) is 2.19. The molecule has 2 heterocycles. The highest BCUT2D eigenvalue weighted by atomic mass is 15.3. The lowest BCUT2D eigenvalue weighted by Crippen LogP contribution is -2.05. The van der Waals surface area contributed by atoms with Gasteiger partial charge in [0.05, 0.1) is 0 Å². The summed E-state index contributed by atoms with van der Waals surface area (Å²) >= 11 is 0. The molecule has 0 saturated heterocycles. The zero-order chi connectivity index (χ0) is 8.18. The van der Waals surface area contributed by atoms with Crippen LogP contribution >= 0.6 is 0 Å². The third-order valence-electron chi connectivity index (χ3n) is 3.20. The van der Waals surface area contributed by atoms with E-state index in [0.29, 0.717) is 5.41 Å². The summed E-state index contributed by atoms with van der Waals surface area (Å²) in [4.78, 5) is 0. The van der Waals surface area contributed by atoms with Crippen LogP contribution in [0.4, 0.5) is 0 Å². The average Bonchev–Trinajstić information content (AvgIpc) is 2.52. The number of rotatable bonds is 1. The highest BCUT2D eigenvalue weighted by Crippen LogP contribution is 2.53. The zero-order valence-corrected chi connectivity index (χ0v) is 7.38. The van der Waals surface area contributed by atoms with Gasteiger partial charge in [0, 0.05) is 19.4 Å². The Balaban J connectivity index is 2.02. The van der Waals surface area contributed by atoms with Crippen LogP contribution in [0.3, 0.4) is 0 Å². The van der Waals surface area contributed by atoms with Gasteiger partial charge in [-0.2, -0.15) is 0 Å². The van der Waals surface area contributed by atoms with Gasteiger partial charge in [-0.3, -0.25) is 0 Å². The monoisotopic (exact) mass is 163 g/mol. The first-order valence-electron chi connectivity index (χ1n) is 4.74. The summed E-state index contributed by atoms with van der Waals surface area (Å²) in [6, 6.07) is 0. The molecule has 64 valence electrons. The van der Waals surface area contributed by atoms with Crippen molar-refractivity contribution in [1.82, 2.24) is 14.8 Å². The zero-order valence-electron chi connectivity index (χ0n) is 7.38. The van der Waals surface area contributed by atoms with Gasteiger partial charge in [-0.1, -0.05) is 6.92 Å². The SMILES string of the molecule is CCc1nnc2n1CC1(CC1)C2. The Hall–Kier alpha value is -0.860. The van der Waals surface area contributed by atoms with Crippen LogP contribution in [0.1, 0.15) is 31.4 Å². The Bertz CT molecular complexity index is 323. The van der Waals surface area contributed by atoms with E-state index in [1.165, 1.54) is 37.5 Å². The standard InChI is InChI=1S/C9H13N3/c1-2-7-10-11-8-5-9(3-4-9)6-12(7)8/h2-6H2,1H3. The van der Waals surface area contributed by atoms with Crippen molar-refractivity contribution in [2.45, 2.75) is 39.2 Å². The Morgan fingerprint density at radius 1 is 1.42 bits per heavy atom. The first-order chi connectivity index (χ1) is 5.83. The molecule has 1 aliphatic carbocycles. The summed E-state index contributed by atoms with van der Waals surface area (Å²) in [5.74, 6) is 2.40. The van der Waals surface area contributed by atoms with Crippen molar-refractivity contribution in [2.75, 3.05) is 0 Å². The van der Waals surface area contributed by atoms with Gasteiger partial charge in [-0.15, -0.1) is 10.2 Å². The van der Waals surface area contributed by atoms with E-state index in [0.717, 1.165) is 6.42 Å². The van der Waals surface area contributed by atoms with Gasteiger partial charge in [0.2, 0.25) is 0 Å². The second-order valence-corrected chi connectivity index (χ2v) is 4.15. The molecule has 1 aliphatic heterocycles. The van der Waals surface area contributed by atoms with Gasteiger partial charge >= 0.3 is 0 Å². The molecule has 1 saturated carbocycles. The van der Waals surface area contributed by atoms with Crippen LogP contribution in [0, 0.1) is 5.41 Å². The Kier molecular flexibility index (Phi) is 1.05. The number of hydrogen-bond donors (Lipinski definition) is 0. The lowest BCUT2D eigenvalue weighted by Gasteiger charge is -2.03. The normalized spacial score (nSPS) is 23.1. The van der Waals surface area contributed by atoms with Crippen molar-refractivity contribution < 1.29 is 0 Å². The van der Waals surface area contributed by atoms with Crippen LogP contribution in [0.2, 0.25) is 0 Å². The summed E-state index contributed by atoms with van der Waals surface area (Å²) in [6.07, 6.45) is 5.00. The van der Waals surface area contributed by atoms with Gasteiger partial charge < -0.3 is 4.57 Å². The summed E-state index contributed by atoms with van der Waals surface area (Å²) < 4.78 is 2.33. The van der Waals surface area contributed by atoms with E-state index in [2.05, 4.69) is 21.7 Å². The molecule has 0 aromatic carbocycles. The molecule has 3 nitrogen and oxygen atoms in total. The van der Waals surface area contributed by atoms with Crippen LogP contribution in [0.25, 0.3) is 0 Å². The molecule has 0 bridgehead atoms. The van der Waals surface area contributed by atoms with Crippen molar-refractivity contribution in [1.29, 1.82) is 0 Å². The van der Waals surface area contributed by atoms with E-state index in [1.807, 2.05) is 0 Å². The van der Waals surface area contributed by atoms with Gasteiger partial charge in [0.15, 0.2) is 0 Å². The number of nitrogens with zero attached hydrogens (tertiary/aromatic N) is 3. The average molecular weight is 163 g/mol. The predicted octanol–water partition coefficient (Wildman–Crippen LogP) is 1.18. The minimum Gasteiger partial charge on any atom is -0.314 e. The minimum atomic E-state index is 0.634. The quantitative estimate of drug-likeness (QED) is 0.622. The van der Waals surface area contributed by atoms with E-state index in [1.54, 1.807) is 0 Å². The van der Waals surface area contributed by atoms with Crippen LogP contribution in [-0.2, 0) is 19.4 Å². The maximum absolute atomic E-state index is 4.22. The molecular weight excluding hydrogens is 150 g/mol. The molecule has 1 spiro atoms. The summed E-state index contributed by atoms with van der Waals surface area (Å²) in [5, 5.41) is 8.38. The van der Waals surface area contributed by atoms with Gasteiger partial charge in [0.25, 0.3) is 0 Å². The lowest BCUT2D eigenvalue weighted by atomic mass is 10.1. The van der Waals surface area contributed by atoms with Crippen molar-refractivity contribution in [2.24, 2.45) is 5.41 Å². The molecule has 0 radical (unpaired) electrons. The number of hydrogen-bond acceptors (Lipinski definition) is 2. The smallest absolute Gasteiger partial charge is 0.133 e. The molecular formula is C9H13N3. The fourth-order valence-corrected chi connectivity index (χ4v) is 2.19. The Morgan fingerprint density at radius 2 is 2.25 bits per heavy atom. The van der Waals surface area contributed by atoms with Crippen LogP contribution in [0.15, 0.2) is 0 Å². The second kappa shape index (κ2) is 1.90. The second-order valence-electron chi connectivity index (χ2n) is 4.15. The number of aryl methyl sites for hydroxylation is 1. The van der Waals surface area contributed by atoms with Gasteiger partial charge in [-0.05, 0) is 18.3 Å². The molecule has 1 aromatic heterocycles. The molecule has 3 rings (SSSR count). The van der Waals surface area contributed by atoms with E-state index < -0.39 is 0 Å². The Labute approximate surface area is 71.8 Å². The number of fused-ring (bicyclic) bond motifs is 1. The van der Waals surface area contributed by atoms with E-state index in [4.69, 9.17) is 0 Å². The highest BCUT2D eigenvalue weighted by molar-refractivity contribution is 5.12. The molecule has 12 heavy (non-hydrogen) atoms. The summed E-state index contributed by atoms with van der Waals surface area (Å²) in [5.41, 5.74) is 0.634. The van der Waals surface area contributed by atoms with Crippen molar-refractivity contribution in [3.63, 3.8) is 0 Å². The molecule has 0 N–H and O–H groups in total. The molecule has 2 aliphatic rings. The molecule has 0 amide bonds. The van der Waals surface area contributed by atoms with Gasteiger partial charge in [0.1, 0.15) is 11.6 Å². The third-order valence-corrected chi connectivity index (χ3v) is 3.20. The van der Waals surface area contributed by atoms with Gasteiger partial charge in [-0.25, -0.2) is 0 Å². The topological polar surface area (TPSA) is 30.7 Å². The lowest BCUT2D eigenvalue weighted by molar-refractivity contribution is 0.483. The third kappa shape index (κ3) is 0.713. The maximum atomic E-state index is 4.22. The van der Waals surface area contributed by atoms with Crippen molar-refractivity contribution >= 4 is 0 Å². The molecule has 0 atom stereocenters. The van der Waals surface area contributed by atoms with E-state index in [-0.39, 0.29) is 0 Å². The minimum absolute atomic E-state index is 0.634. The van der Waals surface area contributed by atoms with Crippen molar-refractivity contribution in [3.05, 3.63) is 11.6 Å². The Morgan fingerprint density at radius 3 is 2.92 bits per heavy atom. The maximum Gasteiger partial charge on any atom is 0.133 e. The van der Waals surface area contributed by atoms with Crippen LogP contribution in [0.5, 0.6) is 0 Å². The largest absolute Gasteiger partial charge is 0.314 e. The fraction of sp³-hybridized carbons (Fsp3) is 0.778. The number of aromatic nitrogens is 3. The first kappa shape index (κ1) is 6.63. The summed E-state index contributed by atoms with van der Waals surface area (Å²) in [6.45, 7) is 3.34. The molecule has 3 heteroatoms. The molecule has 1 aromatic rings. The summed E-state index contributed by atoms with van der Waals surface area (Å²) in [7, 11) is 0. The van der Waals surface area contributed by atoms with Crippen LogP contribution in [-0.4, -0.2) is 14.8 Å². The van der Waals surface area contributed by atoms with Crippen LogP contribution < -0.4 is 0 Å². The predicted molar refractivity (Wildman–Crippen MR) is 44.8 cm³/mol. The van der Waals surface area contributed by atoms with Crippen molar-refractivity contribution in [3.8, 4) is 0 Å². The first-order valence-corrected chi connectivity index (χ1v) is 4.74. The highest BCUT2D eigenvalue weighted by Gasteiger charge is 2.48. The van der Waals surface area contributed by atoms with E-state index >= 15 is 0 Å². The molecule has 1 fully saturated rings.